The second kappa shape index (κ2) is 7.32. The molecule has 0 amide bonds. The molecule has 1 heterocycles. The lowest BCUT2D eigenvalue weighted by Gasteiger charge is -2.68. The van der Waals surface area contributed by atoms with Gasteiger partial charge in [-0.3, -0.25) is 14.4 Å². The van der Waals surface area contributed by atoms with Crippen molar-refractivity contribution < 1.29 is 33.3 Å². The number of allylic oxidation sites excluding steroid dienone is 2. The summed E-state index contributed by atoms with van der Waals surface area (Å²) in [5, 5.41) is 0. The summed E-state index contributed by atoms with van der Waals surface area (Å²) < 4.78 is 23.3. The van der Waals surface area contributed by atoms with Crippen LogP contribution in [-0.4, -0.2) is 50.3 Å². The molecule has 0 spiro atoms. The molecule has 10 atom stereocenters. The van der Waals surface area contributed by atoms with Crippen LogP contribution in [-0.2, 0) is 33.3 Å². The van der Waals surface area contributed by atoms with Gasteiger partial charge in [-0.05, 0) is 36.2 Å². The molecule has 7 heteroatoms. The summed E-state index contributed by atoms with van der Waals surface area (Å²) in [7, 11) is 3.12. The van der Waals surface area contributed by atoms with Crippen molar-refractivity contribution in [2.45, 2.75) is 65.8 Å². The van der Waals surface area contributed by atoms with Crippen molar-refractivity contribution >= 4 is 17.7 Å². The maximum atomic E-state index is 13.9. The Labute approximate surface area is 183 Å². The Morgan fingerprint density at radius 3 is 2.39 bits per heavy atom. The zero-order valence-corrected chi connectivity index (χ0v) is 19.5. The molecule has 0 unspecified atom stereocenters. The highest BCUT2D eigenvalue weighted by molar-refractivity contribution is 5.99. The molecule has 1 saturated heterocycles. The number of rotatable bonds is 3. The van der Waals surface area contributed by atoms with Crippen LogP contribution in [0.15, 0.2) is 11.8 Å². The first kappa shape index (κ1) is 22.3. The molecule has 0 bridgehead atoms. The van der Waals surface area contributed by atoms with Crippen molar-refractivity contribution in [3.05, 3.63) is 11.8 Å². The zero-order valence-electron chi connectivity index (χ0n) is 19.5. The fourth-order valence-electron chi connectivity index (χ4n) is 7.83. The number of hydrogen-bond donors (Lipinski definition) is 0. The first-order valence-electron chi connectivity index (χ1n) is 11.2. The van der Waals surface area contributed by atoms with Crippen LogP contribution in [0.4, 0.5) is 0 Å². The van der Waals surface area contributed by atoms with Gasteiger partial charge in [0.2, 0.25) is 5.78 Å². The lowest BCUT2D eigenvalue weighted by Crippen LogP contribution is -2.74. The lowest BCUT2D eigenvalue weighted by molar-refractivity contribution is -0.283. The molecule has 0 aromatic heterocycles. The van der Waals surface area contributed by atoms with Gasteiger partial charge in [-0.2, -0.15) is 0 Å². The quantitative estimate of drug-likeness (QED) is 0.631. The highest BCUT2D eigenvalue weighted by atomic mass is 16.6. The SMILES string of the molecule is COC1=C[C@@H](C)[C@H]2C[C@H]3OC(=O)C[C@H]4[C@@H](C)[C@H](OC)[C@@H](OC(C)=O)[C@H]([C@@]2(C)C1=O)[C@@]34C. The van der Waals surface area contributed by atoms with E-state index in [2.05, 4.69) is 13.8 Å². The van der Waals surface area contributed by atoms with E-state index in [4.69, 9.17) is 18.9 Å². The van der Waals surface area contributed by atoms with E-state index < -0.39 is 29.0 Å². The number of hydrogen-bond acceptors (Lipinski definition) is 7. The maximum Gasteiger partial charge on any atom is 0.306 e. The van der Waals surface area contributed by atoms with Crippen LogP contribution in [0.25, 0.3) is 0 Å². The number of Topliss-reactive ketones (excluding diaryl/α,β-unsaturated/α-hetero) is 1. The van der Waals surface area contributed by atoms with Gasteiger partial charge < -0.3 is 18.9 Å². The normalized spacial score (nSPS) is 48.7. The first-order chi connectivity index (χ1) is 14.5. The summed E-state index contributed by atoms with van der Waals surface area (Å²) in [4.78, 5) is 38.7. The molecular weight excluding hydrogens is 400 g/mol. The van der Waals surface area contributed by atoms with Gasteiger partial charge >= 0.3 is 11.9 Å². The van der Waals surface area contributed by atoms with Crippen molar-refractivity contribution in [1.82, 2.24) is 0 Å². The average molecular weight is 435 g/mol. The molecule has 0 aromatic rings. The number of esters is 2. The summed E-state index contributed by atoms with van der Waals surface area (Å²) in [6.07, 6.45) is 1.36. The number of carbonyl (C=O) groups excluding carboxylic acids is 3. The largest absolute Gasteiger partial charge is 0.493 e. The third-order valence-electron chi connectivity index (χ3n) is 9.07. The van der Waals surface area contributed by atoms with Crippen molar-refractivity contribution in [2.24, 2.45) is 40.4 Å². The van der Waals surface area contributed by atoms with E-state index in [9.17, 15) is 14.4 Å². The summed E-state index contributed by atoms with van der Waals surface area (Å²) >= 11 is 0. The number of ether oxygens (including phenoxy) is 4. The van der Waals surface area contributed by atoms with Crippen LogP contribution in [0, 0.1) is 40.4 Å². The van der Waals surface area contributed by atoms with Crippen LogP contribution >= 0.6 is 0 Å². The highest BCUT2D eigenvalue weighted by Gasteiger charge is 2.74. The number of ketones is 1. The summed E-state index contributed by atoms with van der Waals surface area (Å²) in [5.74, 6) is -0.817. The van der Waals surface area contributed by atoms with Crippen LogP contribution in [0.3, 0.4) is 0 Å². The topological polar surface area (TPSA) is 88.1 Å². The molecule has 31 heavy (non-hydrogen) atoms. The Bertz CT molecular complexity index is 834. The predicted octanol–water partition coefficient (Wildman–Crippen LogP) is 2.91. The Morgan fingerprint density at radius 1 is 1.13 bits per heavy atom. The Morgan fingerprint density at radius 2 is 1.81 bits per heavy atom. The molecule has 2 saturated carbocycles. The van der Waals surface area contributed by atoms with Gasteiger partial charge in [-0.25, -0.2) is 0 Å². The molecule has 4 rings (SSSR count). The smallest absolute Gasteiger partial charge is 0.306 e. The molecule has 3 fully saturated rings. The standard InChI is InChI=1S/C24H34O7/c1-11-8-16(28-6)22(27)24(5)14(11)9-17-23(4)15(10-18(26)31-17)12(2)19(29-7)20(21(23)24)30-13(3)25/h8,11-12,14-15,17,19-21H,9-10H2,1-7H3/t11-,12-,14-,15+,17-,19+,20-,21+,23-,24+/m1/s1. The summed E-state index contributed by atoms with van der Waals surface area (Å²) in [6.45, 7) is 9.61. The molecule has 0 aromatic carbocycles. The van der Waals surface area contributed by atoms with E-state index in [0.29, 0.717) is 12.2 Å². The molecule has 1 aliphatic heterocycles. The van der Waals surface area contributed by atoms with Crippen molar-refractivity contribution in [2.75, 3.05) is 14.2 Å². The van der Waals surface area contributed by atoms with Gasteiger partial charge in [0.25, 0.3) is 0 Å². The second-order valence-corrected chi connectivity index (χ2v) is 10.3. The van der Waals surface area contributed by atoms with Gasteiger partial charge in [0.1, 0.15) is 12.2 Å². The molecule has 4 aliphatic rings. The van der Waals surface area contributed by atoms with Gasteiger partial charge in [-0.15, -0.1) is 0 Å². The van der Waals surface area contributed by atoms with E-state index in [1.54, 1.807) is 7.11 Å². The third-order valence-corrected chi connectivity index (χ3v) is 9.07. The Hall–Kier alpha value is -1.89. The molecule has 0 N–H and O–H groups in total. The number of fused-ring (bicyclic) bond motifs is 2. The molecule has 0 radical (unpaired) electrons. The fraction of sp³-hybridized carbons (Fsp3) is 0.792. The van der Waals surface area contributed by atoms with Gasteiger partial charge in [0.15, 0.2) is 5.76 Å². The lowest BCUT2D eigenvalue weighted by atomic mass is 9.38. The highest BCUT2D eigenvalue weighted by Crippen LogP contribution is 2.68. The minimum absolute atomic E-state index is 0.0413. The minimum atomic E-state index is -0.843. The summed E-state index contributed by atoms with van der Waals surface area (Å²) in [6, 6.07) is 0. The number of carbonyl (C=O) groups is 3. The molecular formula is C24H34O7. The maximum absolute atomic E-state index is 13.9. The molecule has 7 nitrogen and oxygen atoms in total. The van der Waals surface area contributed by atoms with Crippen LogP contribution in [0.5, 0.6) is 0 Å². The van der Waals surface area contributed by atoms with E-state index in [1.165, 1.54) is 14.0 Å². The van der Waals surface area contributed by atoms with Gasteiger partial charge in [0, 0.05) is 37.2 Å². The van der Waals surface area contributed by atoms with E-state index >= 15 is 0 Å². The van der Waals surface area contributed by atoms with Gasteiger partial charge in [0.05, 0.1) is 13.2 Å². The van der Waals surface area contributed by atoms with Crippen LogP contribution in [0.1, 0.15) is 47.5 Å². The fourth-order valence-corrected chi connectivity index (χ4v) is 7.83. The molecule has 172 valence electrons. The monoisotopic (exact) mass is 434 g/mol. The molecule has 3 aliphatic carbocycles. The number of methoxy groups -OCH3 is 2. The minimum Gasteiger partial charge on any atom is -0.493 e. The third kappa shape index (κ3) is 2.84. The first-order valence-corrected chi connectivity index (χ1v) is 11.2. The van der Waals surface area contributed by atoms with Crippen molar-refractivity contribution in [3.8, 4) is 0 Å². The zero-order chi connectivity index (χ0) is 22.9. The predicted molar refractivity (Wildman–Crippen MR) is 111 cm³/mol. The van der Waals surface area contributed by atoms with Gasteiger partial charge in [-0.1, -0.05) is 27.7 Å². The summed E-state index contributed by atoms with van der Waals surface area (Å²) in [5.41, 5.74) is -1.37. The van der Waals surface area contributed by atoms with Crippen molar-refractivity contribution in [1.29, 1.82) is 0 Å². The van der Waals surface area contributed by atoms with Crippen LogP contribution in [0.2, 0.25) is 0 Å². The average Bonchev–Trinajstić information content (AvgIpc) is 2.69. The van der Waals surface area contributed by atoms with Crippen molar-refractivity contribution in [3.63, 3.8) is 0 Å². The Balaban J connectivity index is 1.96. The Kier molecular flexibility index (Phi) is 5.27. The van der Waals surface area contributed by atoms with E-state index in [1.807, 2.05) is 19.9 Å². The van der Waals surface area contributed by atoms with Crippen LogP contribution < -0.4 is 0 Å². The van der Waals surface area contributed by atoms with E-state index in [-0.39, 0.29) is 53.9 Å². The second-order valence-electron chi connectivity index (χ2n) is 10.3. The van der Waals surface area contributed by atoms with E-state index in [0.717, 1.165) is 0 Å².